The summed E-state index contributed by atoms with van der Waals surface area (Å²) in [6, 6.07) is 11.1. The van der Waals surface area contributed by atoms with Gasteiger partial charge in [-0.15, -0.1) is 0 Å². The second-order valence-corrected chi connectivity index (χ2v) is 8.25. The molecule has 0 aliphatic heterocycles. The quantitative estimate of drug-likeness (QED) is 0.361. The van der Waals surface area contributed by atoms with Gasteiger partial charge in [0.15, 0.2) is 5.82 Å². The van der Waals surface area contributed by atoms with Gasteiger partial charge in [-0.25, -0.2) is 19.7 Å². The van der Waals surface area contributed by atoms with Crippen LogP contribution < -0.4 is 16.0 Å². The van der Waals surface area contributed by atoms with Crippen molar-refractivity contribution in [2.45, 2.75) is 39.4 Å². The van der Waals surface area contributed by atoms with Gasteiger partial charge in [0.1, 0.15) is 17.7 Å². The zero-order valence-corrected chi connectivity index (χ0v) is 19.0. The van der Waals surface area contributed by atoms with Crippen molar-refractivity contribution in [2.24, 2.45) is 0 Å². The number of aromatic nitrogens is 4. The predicted molar refractivity (Wildman–Crippen MR) is 126 cm³/mol. The molecule has 0 saturated carbocycles. The lowest BCUT2D eigenvalue weighted by Gasteiger charge is -2.19. The van der Waals surface area contributed by atoms with Crippen molar-refractivity contribution in [2.75, 3.05) is 23.7 Å². The van der Waals surface area contributed by atoms with Crippen molar-refractivity contribution in [1.82, 2.24) is 25.3 Å². The van der Waals surface area contributed by atoms with Gasteiger partial charge in [0.2, 0.25) is 5.95 Å². The van der Waals surface area contributed by atoms with Gasteiger partial charge in [-0.3, -0.25) is 0 Å². The topological polar surface area (TPSA) is 134 Å². The Kier molecular flexibility index (Phi) is 8.09. The van der Waals surface area contributed by atoms with E-state index in [4.69, 9.17) is 4.74 Å². The van der Waals surface area contributed by atoms with Crippen molar-refractivity contribution in [3.63, 3.8) is 0 Å². The van der Waals surface area contributed by atoms with Crippen molar-refractivity contribution >= 4 is 23.5 Å². The molecule has 0 saturated heterocycles. The normalized spacial score (nSPS) is 11.0. The summed E-state index contributed by atoms with van der Waals surface area (Å²) in [6.45, 7) is 6.55. The third-order valence-electron chi connectivity index (χ3n) is 4.28. The Hall–Kier alpha value is -3.79. The fraction of sp³-hybridized carbons (Fsp3) is 0.348. The van der Waals surface area contributed by atoms with Gasteiger partial charge in [-0.1, -0.05) is 12.1 Å². The second-order valence-electron chi connectivity index (χ2n) is 8.25. The minimum Gasteiger partial charge on any atom is -0.444 e. The van der Waals surface area contributed by atoms with Crippen molar-refractivity contribution in [3.8, 4) is 11.4 Å². The third kappa shape index (κ3) is 8.00. The molecule has 0 aliphatic carbocycles. The minimum absolute atomic E-state index is 0.0399. The second kappa shape index (κ2) is 11.2. The molecule has 0 atom stereocenters. The molecule has 0 aliphatic rings. The first-order valence-electron chi connectivity index (χ1n) is 10.7. The molecule has 1 aromatic carbocycles. The lowest BCUT2D eigenvalue weighted by atomic mass is 10.2. The number of benzene rings is 1. The van der Waals surface area contributed by atoms with Crippen LogP contribution in [0.25, 0.3) is 11.4 Å². The van der Waals surface area contributed by atoms with Crippen LogP contribution in [0.15, 0.2) is 48.9 Å². The van der Waals surface area contributed by atoms with Gasteiger partial charge in [-0.2, -0.15) is 4.98 Å². The molecule has 10 nitrogen and oxygen atoms in total. The predicted octanol–water partition coefficient (Wildman–Crippen LogP) is 3.50. The number of nitrogens with zero attached hydrogens (tertiary/aromatic N) is 4. The van der Waals surface area contributed by atoms with Crippen molar-refractivity contribution in [1.29, 1.82) is 0 Å². The molecular weight excluding hydrogens is 422 g/mol. The first-order valence-corrected chi connectivity index (χ1v) is 10.7. The van der Waals surface area contributed by atoms with Crippen molar-refractivity contribution in [3.05, 3.63) is 54.5 Å². The van der Waals surface area contributed by atoms with Crippen LogP contribution in [0.1, 0.15) is 32.8 Å². The summed E-state index contributed by atoms with van der Waals surface area (Å²) in [5.74, 6) is 1.58. The highest BCUT2D eigenvalue weighted by atomic mass is 16.6. The maximum absolute atomic E-state index is 11.7. The van der Waals surface area contributed by atoms with Gasteiger partial charge >= 0.3 is 6.09 Å². The summed E-state index contributed by atoms with van der Waals surface area (Å²) in [4.78, 5) is 28.9. The number of alkyl carbamates (subject to hydrolysis) is 1. The van der Waals surface area contributed by atoms with Crippen LogP contribution >= 0.6 is 0 Å². The molecule has 10 heteroatoms. The molecule has 3 rings (SSSR count). The van der Waals surface area contributed by atoms with E-state index in [1.165, 1.54) is 6.33 Å². The summed E-state index contributed by atoms with van der Waals surface area (Å²) in [7, 11) is 0. The van der Waals surface area contributed by atoms with E-state index in [1.54, 1.807) is 6.20 Å². The Morgan fingerprint density at radius 3 is 2.73 bits per heavy atom. The molecule has 0 spiro atoms. The number of hydrogen-bond acceptors (Lipinski definition) is 9. The zero-order valence-electron chi connectivity index (χ0n) is 19.0. The lowest BCUT2D eigenvalue weighted by molar-refractivity contribution is 0.0528. The van der Waals surface area contributed by atoms with E-state index < -0.39 is 11.7 Å². The smallest absolute Gasteiger partial charge is 0.407 e. The summed E-state index contributed by atoms with van der Waals surface area (Å²) in [6.07, 6.45) is 3.40. The maximum atomic E-state index is 11.7. The Morgan fingerprint density at radius 2 is 1.94 bits per heavy atom. The summed E-state index contributed by atoms with van der Waals surface area (Å²) in [5, 5.41) is 18.4. The minimum atomic E-state index is -0.513. The molecule has 4 N–H and O–H groups in total. The number of rotatable bonds is 9. The van der Waals surface area contributed by atoms with Gasteiger partial charge in [0, 0.05) is 30.5 Å². The number of aliphatic hydroxyl groups is 1. The molecule has 1 amide bonds. The number of carbonyl (C=O) groups is 1. The van der Waals surface area contributed by atoms with Crippen LogP contribution in [-0.4, -0.2) is 49.8 Å². The molecule has 0 unspecified atom stereocenters. The van der Waals surface area contributed by atoms with E-state index in [2.05, 4.69) is 35.9 Å². The average molecular weight is 452 g/mol. The first kappa shape index (κ1) is 23.9. The number of pyridine rings is 1. The molecule has 3 aromatic rings. The van der Waals surface area contributed by atoms with Crippen LogP contribution in [0.3, 0.4) is 0 Å². The van der Waals surface area contributed by atoms with Crippen LogP contribution in [0.4, 0.5) is 22.2 Å². The Bertz CT molecular complexity index is 1070. The monoisotopic (exact) mass is 451 g/mol. The maximum Gasteiger partial charge on any atom is 0.407 e. The van der Waals surface area contributed by atoms with E-state index in [0.29, 0.717) is 37.1 Å². The van der Waals surface area contributed by atoms with E-state index in [0.717, 1.165) is 16.8 Å². The van der Waals surface area contributed by atoms with Crippen molar-refractivity contribution < 1.29 is 14.6 Å². The molecule has 33 heavy (non-hydrogen) atoms. The van der Waals surface area contributed by atoms with Gasteiger partial charge in [0.05, 0.1) is 6.61 Å². The number of amides is 1. The SMILES string of the molecule is CC(C)(C)OC(=O)NCCCNc1cc(-c2ncnc(Nc3cccc(CO)c3)n2)ccn1. The van der Waals surface area contributed by atoms with Crippen LogP contribution in [0.2, 0.25) is 0 Å². The van der Waals surface area contributed by atoms with E-state index >= 15 is 0 Å². The highest BCUT2D eigenvalue weighted by molar-refractivity contribution is 5.67. The van der Waals surface area contributed by atoms with Gasteiger partial charge in [-0.05, 0) is 57.0 Å². The Labute approximate surface area is 192 Å². The largest absolute Gasteiger partial charge is 0.444 e. The fourth-order valence-corrected chi connectivity index (χ4v) is 2.85. The number of aliphatic hydroxyl groups excluding tert-OH is 1. The summed E-state index contributed by atoms with van der Waals surface area (Å²) in [5.41, 5.74) is 1.84. The molecular formula is C23H29N7O3. The zero-order chi connectivity index (χ0) is 23.7. The van der Waals surface area contributed by atoms with E-state index in [9.17, 15) is 9.90 Å². The molecule has 2 heterocycles. The van der Waals surface area contributed by atoms with Gasteiger partial charge in [0.25, 0.3) is 0 Å². The molecule has 0 radical (unpaired) electrons. The lowest BCUT2D eigenvalue weighted by Crippen LogP contribution is -2.33. The Morgan fingerprint density at radius 1 is 1.09 bits per heavy atom. The standard InChI is InChI=1S/C23H29N7O3/c1-23(2,3)33-22(32)26-10-5-9-24-19-13-17(8-11-25-19)20-27-15-28-21(30-20)29-18-7-4-6-16(12-18)14-31/h4,6-8,11-13,15,31H,5,9-10,14H2,1-3H3,(H,24,25)(H,26,32)(H,27,28,29,30). The van der Waals surface area contributed by atoms with Gasteiger partial charge < -0.3 is 25.8 Å². The number of ether oxygens (including phenoxy) is 1. The summed E-state index contributed by atoms with van der Waals surface area (Å²) >= 11 is 0. The number of hydrogen-bond donors (Lipinski definition) is 4. The Balaban J connectivity index is 1.55. The fourth-order valence-electron chi connectivity index (χ4n) is 2.85. The average Bonchev–Trinajstić information content (AvgIpc) is 2.78. The highest BCUT2D eigenvalue weighted by Gasteiger charge is 2.15. The molecule has 2 aromatic heterocycles. The van der Waals surface area contributed by atoms with Crippen LogP contribution in [0, 0.1) is 0 Å². The summed E-state index contributed by atoms with van der Waals surface area (Å²) < 4.78 is 5.21. The number of nitrogens with one attached hydrogen (secondary N) is 3. The number of anilines is 3. The third-order valence-corrected chi connectivity index (χ3v) is 4.28. The van der Waals surface area contributed by atoms with Crippen LogP contribution in [-0.2, 0) is 11.3 Å². The van der Waals surface area contributed by atoms with Crippen LogP contribution in [0.5, 0.6) is 0 Å². The number of carbonyl (C=O) groups excluding carboxylic acids is 1. The molecule has 174 valence electrons. The molecule has 0 fully saturated rings. The van der Waals surface area contributed by atoms with E-state index in [-0.39, 0.29) is 6.61 Å². The molecule has 0 bridgehead atoms. The van der Waals surface area contributed by atoms with E-state index in [1.807, 2.05) is 57.2 Å². The highest BCUT2D eigenvalue weighted by Crippen LogP contribution is 2.20. The first-order chi connectivity index (χ1) is 15.8.